The van der Waals surface area contributed by atoms with E-state index in [4.69, 9.17) is 4.74 Å². The Kier molecular flexibility index (Phi) is 6.73. The quantitative estimate of drug-likeness (QED) is 0.510. The van der Waals surface area contributed by atoms with Gasteiger partial charge >= 0.3 is 11.9 Å². The van der Waals surface area contributed by atoms with Crippen molar-refractivity contribution in [3.05, 3.63) is 0 Å². The van der Waals surface area contributed by atoms with Crippen molar-refractivity contribution >= 4 is 27.9 Å². The Hall–Kier alpha value is -1.68. The fourth-order valence-electron chi connectivity index (χ4n) is 2.38. The average Bonchev–Trinajstić information content (AvgIpc) is 3.23. The highest BCUT2D eigenvalue weighted by Gasteiger charge is 2.59. The van der Waals surface area contributed by atoms with Gasteiger partial charge in [0.05, 0.1) is 17.8 Å². The highest BCUT2D eigenvalue weighted by Crippen LogP contribution is 2.48. The second-order valence-electron chi connectivity index (χ2n) is 5.78. The predicted molar refractivity (Wildman–Crippen MR) is 84.6 cm³/mol. The molecule has 1 unspecified atom stereocenters. The number of nitrogens with one attached hydrogen (secondary N) is 1. The summed E-state index contributed by atoms with van der Waals surface area (Å²) in [6.07, 6.45) is 0.250. The summed E-state index contributed by atoms with van der Waals surface area (Å²) in [6.45, 7) is 4.11. The molecule has 1 aliphatic carbocycles. The Labute approximate surface area is 141 Å². The van der Waals surface area contributed by atoms with E-state index in [-0.39, 0.29) is 44.9 Å². The van der Waals surface area contributed by atoms with Crippen LogP contribution >= 0.6 is 0 Å². The summed E-state index contributed by atoms with van der Waals surface area (Å²) < 4.78 is 30.2. The van der Waals surface area contributed by atoms with E-state index in [0.29, 0.717) is 0 Å². The zero-order valence-electron chi connectivity index (χ0n) is 14.1. The van der Waals surface area contributed by atoms with E-state index in [1.807, 2.05) is 0 Å². The van der Waals surface area contributed by atoms with E-state index in [2.05, 4.69) is 5.32 Å². The van der Waals surface area contributed by atoms with Crippen LogP contribution in [0.15, 0.2) is 0 Å². The number of hydrogen-bond donors (Lipinski definition) is 2. The smallest absolute Gasteiger partial charge is 0.321 e. The number of amides is 1. The summed E-state index contributed by atoms with van der Waals surface area (Å²) >= 11 is 0. The number of hydrogen-bond acceptors (Lipinski definition) is 6. The molecular weight excluding hydrogens is 340 g/mol. The lowest BCUT2D eigenvalue weighted by molar-refractivity contribution is -0.143. The van der Waals surface area contributed by atoms with Crippen LogP contribution in [0.1, 0.15) is 40.0 Å². The van der Waals surface area contributed by atoms with Crippen molar-refractivity contribution in [1.29, 1.82) is 0 Å². The predicted octanol–water partition coefficient (Wildman–Crippen LogP) is -0.287. The fraction of sp³-hybridized carbons (Fsp3) is 0.786. The number of ether oxygens (including phenoxy) is 1. The minimum atomic E-state index is -4.04. The van der Waals surface area contributed by atoms with Crippen molar-refractivity contribution in [2.45, 2.75) is 50.8 Å². The highest BCUT2D eigenvalue weighted by atomic mass is 32.2. The van der Waals surface area contributed by atoms with E-state index in [0.717, 1.165) is 4.31 Å². The van der Waals surface area contributed by atoms with Crippen molar-refractivity contribution < 1.29 is 32.6 Å². The van der Waals surface area contributed by atoms with Crippen LogP contribution in [0.4, 0.5) is 0 Å². The number of rotatable bonds is 10. The second-order valence-corrected chi connectivity index (χ2v) is 8.06. The molecule has 0 aromatic rings. The number of carbonyl (C=O) groups is 3. The van der Waals surface area contributed by atoms with Crippen LogP contribution in [0.3, 0.4) is 0 Å². The molecule has 0 bridgehead atoms. The molecule has 10 heteroatoms. The van der Waals surface area contributed by atoms with E-state index in [1.54, 1.807) is 6.92 Å². The summed E-state index contributed by atoms with van der Waals surface area (Å²) in [5.74, 6) is -2.26. The van der Waals surface area contributed by atoms with Crippen molar-refractivity contribution in [2.75, 3.05) is 19.7 Å². The first-order chi connectivity index (χ1) is 11.1. The summed E-state index contributed by atoms with van der Waals surface area (Å²) in [5, 5.41) is 11.6. The third-order valence-corrected chi connectivity index (χ3v) is 6.69. The molecule has 0 aromatic heterocycles. The van der Waals surface area contributed by atoms with Gasteiger partial charge in [0, 0.05) is 20.0 Å². The number of aliphatic carboxylic acids is 1. The molecule has 0 radical (unpaired) electrons. The van der Waals surface area contributed by atoms with Gasteiger partial charge in [0.15, 0.2) is 0 Å². The van der Waals surface area contributed by atoms with E-state index >= 15 is 0 Å². The second kappa shape index (κ2) is 7.93. The lowest BCUT2D eigenvalue weighted by Crippen LogP contribution is -2.51. The minimum Gasteiger partial charge on any atom is -0.480 e. The maximum Gasteiger partial charge on any atom is 0.321 e. The Morgan fingerprint density at radius 1 is 1.33 bits per heavy atom. The third kappa shape index (κ3) is 4.67. The number of nitrogens with zero attached hydrogens (tertiary/aromatic N) is 1. The Balaban J connectivity index is 2.99. The molecule has 1 saturated carbocycles. The Bertz CT molecular complexity index is 598. The fourth-order valence-corrected chi connectivity index (χ4v) is 4.63. The lowest BCUT2D eigenvalue weighted by Gasteiger charge is -2.30. The summed E-state index contributed by atoms with van der Waals surface area (Å²) in [5.41, 5.74) is 0. The molecule has 1 amide bonds. The monoisotopic (exact) mass is 364 g/mol. The van der Waals surface area contributed by atoms with Gasteiger partial charge in [-0.1, -0.05) is 0 Å². The molecule has 0 aliphatic heterocycles. The topological polar surface area (TPSA) is 130 Å². The molecule has 1 rings (SSSR count). The van der Waals surface area contributed by atoms with Crippen LogP contribution in [0.2, 0.25) is 0 Å². The van der Waals surface area contributed by atoms with Gasteiger partial charge in [0.2, 0.25) is 15.9 Å². The summed E-state index contributed by atoms with van der Waals surface area (Å²) in [7, 11) is -4.04. The number of carboxylic acid groups (broad SMARTS) is 1. The van der Waals surface area contributed by atoms with Crippen LogP contribution in [-0.4, -0.2) is 66.2 Å². The van der Waals surface area contributed by atoms with E-state index in [9.17, 15) is 27.9 Å². The van der Waals surface area contributed by atoms with Crippen LogP contribution in [-0.2, 0) is 29.1 Å². The van der Waals surface area contributed by atoms with E-state index < -0.39 is 32.8 Å². The van der Waals surface area contributed by atoms with Crippen molar-refractivity contribution in [3.8, 4) is 0 Å². The number of sulfonamides is 1. The van der Waals surface area contributed by atoms with Crippen molar-refractivity contribution in [1.82, 2.24) is 9.62 Å². The third-order valence-electron chi connectivity index (χ3n) is 3.93. The zero-order chi connectivity index (χ0) is 18.5. The first kappa shape index (κ1) is 20.4. The van der Waals surface area contributed by atoms with Crippen LogP contribution in [0.5, 0.6) is 0 Å². The highest BCUT2D eigenvalue weighted by molar-refractivity contribution is 7.90. The van der Waals surface area contributed by atoms with E-state index in [1.165, 1.54) is 13.8 Å². The standard InChI is InChI=1S/C14H24N2O7S/c1-4-23-12(18)9-14(5-6-14)24(21,22)16(10(2)13(19)20)8-7-15-11(3)17/h10H,4-9H2,1-3H3,(H,15,17)(H,19,20). The number of carboxylic acids is 1. The van der Waals surface area contributed by atoms with Crippen LogP contribution in [0, 0.1) is 0 Å². The molecule has 1 aliphatic rings. The molecule has 138 valence electrons. The molecule has 1 fully saturated rings. The van der Waals surface area contributed by atoms with Crippen molar-refractivity contribution in [3.63, 3.8) is 0 Å². The first-order valence-electron chi connectivity index (χ1n) is 7.71. The Morgan fingerprint density at radius 3 is 2.33 bits per heavy atom. The van der Waals surface area contributed by atoms with Gasteiger partial charge in [0.1, 0.15) is 6.04 Å². The SMILES string of the molecule is CCOC(=O)CC1(S(=O)(=O)N(CCNC(C)=O)C(C)C(=O)O)CC1. The maximum absolute atomic E-state index is 12.9. The maximum atomic E-state index is 12.9. The molecule has 1 atom stereocenters. The largest absolute Gasteiger partial charge is 0.480 e. The zero-order valence-corrected chi connectivity index (χ0v) is 14.9. The number of carbonyl (C=O) groups excluding carboxylic acids is 2. The average molecular weight is 364 g/mol. The molecule has 0 spiro atoms. The first-order valence-corrected chi connectivity index (χ1v) is 9.15. The van der Waals surface area contributed by atoms with Gasteiger partial charge < -0.3 is 15.2 Å². The molecule has 0 heterocycles. The number of esters is 1. The van der Waals surface area contributed by atoms with Gasteiger partial charge in [-0.15, -0.1) is 0 Å². The van der Waals surface area contributed by atoms with Gasteiger partial charge in [0.25, 0.3) is 0 Å². The van der Waals surface area contributed by atoms with Gasteiger partial charge in [-0.05, 0) is 26.7 Å². The normalized spacial score (nSPS) is 17.2. The molecule has 9 nitrogen and oxygen atoms in total. The summed E-state index contributed by atoms with van der Waals surface area (Å²) in [6, 6.07) is -1.30. The molecule has 24 heavy (non-hydrogen) atoms. The van der Waals surface area contributed by atoms with Gasteiger partial charge in [-0.2, -0.15) is 4.31 Å². The Morgan fingerprint density at radius 2 is 1.92 bits per heavy atom. The molecule has 0 aromatic carbocycles. The molecule has 2 N–H and O–H groups in total. The molecular formula is C14H24N2O7S. The van der Waals surface area contributed by atoms with Gasteiger partial charge in [-0.3, -0.25) is 14.4 Å². The lowest BCUT2D eigenvalue weighted by atomic mass is 10.3. The van der Waals surface area contributed by atoms with Crippen LogP contribution in [0.25, 0.3) is 0 Å². The van der Waals surface area contributed by atoms with Crippen molar-refractivity contribution in [2.24, 2.45) is 0 Å². The van der Waals surface area contributed by atoms with Crippen LogP contribution < -0.4 is 5.32 Å². The van der Waals surface area contributed by atoms with Gasteiger partial charge in [-0.25, -0.2) is 8.42 Å². The molecule has 0 saturated heterocycles. The summed E-state index contributed by atoms with van der Waals surface area (Å²) in [4.78, 5) is 33.9. The minimum absolute atomic E-state index is 0.0122.